The number of carbonyl (C=O) groups excluding carboxylic acids is 1. The third kappa shape index (κ3) is 2.21. The molecule has 1 N–H and O–H groups in total. The van der Waals surface area contributed by atoms with Gasteiger partial charge in [-0.1, -0.05) is 0 Å². The van der Waals surface area contributed by atoms with E-state index in [4.69, 9.17) is 4.74 Å². The largest absolute Gasteiger partial charge is 0.462 e. The number of aromatic nitrogens is 4. The molecule has 0 aliphatic heterocycles. The Kier molecular flexibility index (Phi) is 2.98. The van der Waals surface area contributed by atoms with Crippen molar-refractivity contribution in [1.82, 2.24) is 20.2 Å². The number of nitrogens with one attached hydrogen (secondary N) is 1. The second-order valence-corrected chi connectivity index (χ2v) is 4.48. The normalized spacial score (nSPS) is 14.4. The summed E-state index contributed by atoms with van der Waals surface area (Å²) < 4.78 is 5.13. The molecule has 0 spiro atoms. The SMILES string of the molecule is CCOC(=O)c1c(-c2cncnc2)n[nH]c1C1CC1. The Bertz CT molecular complexity index is 590. The van der Waals surface area contributed by atoms with Crippen LogP contribution in [0.3, 0.4) is 0 Å². The molecule has 0 radical (unpaired) electrons. The lowest BCUT2D eigenvalue weighted by Gasteiger charge is -2.04. The number of H-pyrrole nitrogens is 1. The van der Waals surface area contributed by atoms with Crippen LogP contribution in [0.15, 0.2) is 18.7 Å². The summed E-state index contributed by atoms with van der Waals surface area (Å²) in [4.78, 5) is 20.1. The van der Waals surface area contributed by atoms with Crippen LogP contribution in [0.2, 0.25) is 0 Å². The molecule has 2 heterocycles. The van der Waals surface area contributed by atoms with Crippen LogP contribution in [-0.2, 0) is 4.74 Å². The van der Waals surface area contributed by atoms with Crippen LogP contribution in [0.5, 0.6) is 0 Å². The Morgan fingerprint density at radius 3 is 2.79 bits per heavy atom. The zero-order valence-electron chi connectivity index (χ0n) is 10.6. The maximum atomic E-state index is 12.1. The topological polar surface area (TPSA) is 80.8 Å². The van der Waals surface area contributed by atoms with E-state index in [0.29, 0.717) is 29.3 Å². The van der Waals surface area contributed by atoms with Crippen molar-refractivity contribution in [3.63, 3.8) is 0 Å². The van der Waals surface area contributed by atoms with Crippen molar-refractivity contribution in [2.75, 3.05) is 6.61 Å². The van der Waals surface area contributed by atoms with E-state index in [1.165, 1.54) is 6.33 Å². The van der Waals surface area contributed by atoms with E-state index in [2.05, 4.69) is 20.2 Å². The quantitative estimate of drug-likeness (QED) is 0.847. The maximum Gasteiger partial charge on any atom is 0.342 e. The molecule has 19 heavy (non-hydrogen) atoms. The highest BCUT2D eigenvalue weighted by atomic mass is 16.5. The van der Waals surface area contributed by atoms with Gasteiger partial charge in [-0.15, -0.1) is 0 Å². The molecule has 1 aliphatic rings. The fraction of sp³-hybridized carbons (Fsp3) is 0.385. The van der Waals surface area contributed by atoms with Crippen LogP contribution in [-0.4, -0.2) is 32.7 Å². The van der Waals surface area contributed by atoms with Crippen molar-refractivity contribution < 1.29 is 9.53 Å². The first-order chi connectivity index (χ1) is 9.31. The van der Waals surface area contributed by atoms with Crippen LogP contribution in [0.1, 0.15) is 41.7 Å². The van der Waals surface area contributed by atoms with Gasteiger partial charge in [0, 0.05) is 23.9 Å². The second-order valence-electron chi connectivity index (χ2n) is 4.48. The average molecular weight is 258 g/mol. The third-order valence-corrected chi connectivity index (χ3v) is 3.09. The van der Waals surface area contributed by atoms with Crippen LogP contribution in [0, 0.1) is 0 Å². The highest BCUT2D eigenvalue weighted by Gasteiger charge is 2.33. The summed E-state index contributed by atoms with van der Waals surface area (Å²) >= 11 is 0. The molecule has 1 saturated carbocycles. The van der Waals surface area contributed by atoms with Crippen molar-refractivity contribution in [2.24, 2.45) is 0 Å². The molecule has 0 saturated heterocycles. The zero-order chi connectivity index (χ0) is 13.2. The van der Waals surface area contributed by atoms with Gasteiger partial charge in [-0.05, 0) is 19.8 Å². The van der Waals surface area contributed by atoms with Crippen LogP contribution < -0.4 is 0 Å². The summed E-state index contributed by atoms with van der Waals surface area (Å²) in [6.45, 7) is 2.14. The van der Waals surface area contributed by atoms with E-state index in [9.17, 15) is 4.79 Å². The molecule has 0 bridgehead atoms. The number of rotatable bonds is 4. The minimum atomic E-state index is -0.336. The van der Waals surface area contributed by atoms with Crippen molar-refractivity contribution in [1.29, 1.82) is 0 Å². The lowest BCUT2D eigenvalue weighted by Crippen LogP contribution is -2.08. The Morgan fingerprint density at radius 2 is 2.16 bits per heavy atom. The molecule has 1 fully saturated rings. The first kappa shape index (κ1) is 11.8. The molecule has 0 atom stereocenters. The van der Waals surface area contributed by atoms with E-state index in [1.807, 2.05) is 0 Å². The Hall–Kier alpha value is -2.24. The minimum Gasteiger partial charge on any atom is -0.462 e. The summed E-state index contributed by atoms with van der Waals surface area (Å²) in [6.07, 6.45) is 6.89. The molecule has 3 rings (SSSR count). The predicted molar refractivity (Wildman–Crippen MR) is 67.5 cm³/mol. The monoisotopic (exact) mass is 258 g/mol. The zero-order valence-corrected chi connectivity index (χ0v) is 10.6. The number of ether oxygens (including phenoxy) is 1. The third-order valence-electron chi connectivity index (χ3n) is 3.09. The van der Waals surface area contributed by atoms with Crippen molar-refractivity contribution >= 4 is 5.97 Å². The van der Waals surface area contributed by atoms with E-state index in [1.54, 1.807) is 19.3 Å². The molecule has 0 aromatic carbocycles. The summed E-state index contributed by atoms with van der Waals surface area (Å²) in [7, 11) is 0. The maximum absolute atomic E-state index is 12.1. The molecular formula is C13H14N4O2. The summed E-state index contributed by atoms with van der Waals surface area (Å²) in [6, 6.07) is 0. The summed E-state index contributed by atoms with van der Waals surface area (Å²) in [5, 5.41) is 7.21. The molecule has 6 heteroatoms. The lowest BCUT2D eigenvalue weighted by atomic mass is 10.1. The Morgan fingerprint density at radius 1 is 1.42 bits per heavy atom. The van der Waals surface area contributed by atoms with Crippen LogP contribution >= 0.6 is 0 Å². The van der Waals surface area contributed by atoms with Crippen molar-refractivity contribution in [2.45, 2.75) is 25.7 Å². The van der Waals surface area contributed by atoms with Gasteiger partial charge in [-0.25, -0.2) is 14.8 Å². The number of carbonyl (C=O) groups is 1. The van der Waals surface area contributed by atoms with Crippen LogP contribution in [0.25, 0.3) is 11.3 Å². The smallest absolute Gasteiger partial charge is 0.342 e. The highest BCUT2D eigenvalue weighted by molar-refractivity contribution is 5.97. The van der Waals surface area contributed by atoms with Crippen molar-refractivity contribution in [3.8, 4) is 11.3 Å². The van der Waals surface area contributed by atoms with Gasteiger partial charge in [-0.3, -0.25) is 5.10 Å². The number of aromatic amines is 1. The van der Waals surface area contributed by atoms with Gasteiger partial charge >= 0.3 is 5.97 Å². The van der Waals surface area contributed by atoms with Gasteiger partial charge < -0.3 is 4.74 Å². The average Bonchev–Trinajstić information content (AvgIpc) is 3.18. The number of hydrogen-bond donors (Lipinski definition) is 1. The van der Waals surface area contributed by atoms with Gasteiger partial charge in [0.15, 0.2) is 0 Å². The Labute approximate surface area is 110 Å². The molecular weight excluding hydrogens is 244 g/mol. The predicted octanol–water partition coefficient (Wildman–Crippen LogP) is 1.92. The Balaban J connectivity index is 2.07. The molecule has 2 aromatic heterocycles. The second kappa shape index (κ2) is 4.79. The fourth-order valence-corrected chi connectivity index (χ4v) is 2.06. The van der Waals surface area contributed by atoms with Gasteiger partial charge in [0.05, 0.1) is 12.3 Å². The van der Waals surface area contributed by atoms with Gasteiger partial charge in [0.2, 0.25) is 0 Å². The summed E-state index contributed by atoms with van der Waals surface area (Å²) in [5.41, 5.74) is 2.69. The number of esters is 1. The first-order valence-electron chi connectivity index (χ1n) is 6.32. The summed E-state index contributed by atoms with van der Waals surface area (Å²) in [5.74, 6) is 0.0577. The van der Waals surface area contributed by atoms with Gasteiger partial charge in [-0.2, -0.15) is 5.10 Å². The molecule has 2 aromatic rings. The van der Waals surface area contributed by atoms with Crippen molar-refractivity contribution in [3.05, 3.63) is 30.0 Å². The van der Waals surface area contributed by atoms with E-state index in [0.717, 1.165) is 18.5 Å². The lowest BCUT2D eigenvalue weighted by molar-refractivity contribution is 0.0526. The highest BCUT2D eigenvalue weighted by Crippen LogP contribution is 2.42. The molecule has 1 aliphatic carbocycles. The molecule has 0 unspecified atom stereocenters. The fourth-order valence-electron chi connectivity index (χ4n) is 2.06. The molecule has 0 amide bonds. The van der Waals surface area contributed by atoms with Gasteiger partial charge in [0.1, 0.15) is 17.6 Å². The molecule has 98 valence electrons. The van der Waals surface area contributed by atoms with Crippen LogP contribution in [0.4, 0.5) is 0 Å². The van der Waals surface area contributed by atoms with E-state index < -0.39 is 0 Å². The number of hydrogen-bond acceptors (Lipinski definition) is 5. The minimum absolute atomic E-state index is 0.336. The molecule has 6 nitrogen and oxygen atoms in total. The standard InChI is InChI=1S/C13H14N4O2/c1-2-19-13(18)10-11(8-3-4-8)16-17-12(10)9-5-14-7-15-6-9/h5-8H,2-4H2,1H3,(H,16,17). The van der Waals surface area contributed by atoms with Gasteiger partial charge in [0.25, 0.3) is 0 Å². The van der Waals surface area contributed by atoms with E-state index >= 15 is 0 Å². The van der Waals surface area contributed by atoms with E-state index in [-0.39, 0.29) is 5.97 Å². The number of nitrogens with zero attached hydrogens (tertiary/aromatic N) is 3. The first-order valence-corrected chi connectivity index (χ1v) is 6.32.